The van der Waals surface area contributed by atoms with Crippen LogP contribution in [0.5, 0.6) is 11.5 Å². The smallest absolute Gasteiger partial charge is 0.277 e. The van der Waals surface area contributed by atoms with Gasteiger partial charge in [0.05, 0.1) is 52.2 Å². The number of hydrogen-bond donors (Lipinski definition) is 1. The van der Waals surface area contributed by atoms with Gasteiger partial charge in [0.25, 0.3) is 5.22 Å². The normalized spacial score (nSPS) is 16.1. The minimum Gasteiger partial charge on any atom is -0.497 e. The van der Waals surface area contributed by atoms with E-state index in [-0.39, 0.29) is 11.2 Å². The van der Waals surface area contributed by atoms with Gasteiger partial charge in [-0.3, -0.25) is 4.79 Å². The molecule has 0 aliphatic carbocycles. The second kappa shape index (κ2) is 9.29. The number of ether oxygens (including phenoxy) is 2. The lowest BCUT2D eigenvalue weighted by Gasteiger charge is -2.32. The largest absolute Gasteiger partial charge is 0.497 e. The number of carbonyl (C=O) groups excluding carboxylic acids is 1. The van der Waals surface area contributed by atoms with Gasteiger partial charge in [0.1, 0.15) is 11.5 Å². The summed E-state index contributed by atoms with van der Waals surface area (Å²) in [5.41, 5.74) is 0.702. The van der Waals surface area contributed by atoms with Crippen LogP contribution in [0, 0.1) is 0 Å². The van der Waals surface area contributed by atoms with Crippen molar-refractivity contribution in [3.8, 4) is 23.0 Å². The Balaban J connectivity index is 1.65. The van der Waals surface area contributed by atoms with E-state index >= 15 is 0 Å². The van der Waals surface area contributed by atoms with E-state index in [0.29, 0.717) is 28.2 Å². The number of hydrogen-bond acceptors (Lipinski definition) is 7. The van der Waals surface area contributed by atoms with Gasteiger partial charge in [-0.25, -0.2) is 0 Å². The number of rotatable bonds is 7. The standard InChI is InChI=1S/C19H26N4O4S/c1-5-22-6-8-23(9-7-22)18(24)13(2)28-19-21-20-17(27-19)14-10-15(25-3)12-16(11-14)26-4/h10-13H,5-9H2,1-4H3/p+1/t13-/m1/s1. The summed E-state index contributed by atoms with van der Waals surface area (Å²) >= 11 is 1.29. The quantitative estimate of drug-likeness (QED) is 0.685. The van der Waals surface area contributed by atoms with Crippen LogP contribution in [0.2, 0.25) is 0 Å². The van der Waals surface area contributed by atoms with Gasteiger partial charge in [-0.05, 0) is 26.0 Å². The fourth-order valence-corrected chi connectivity index (χ4v) is 3.93. The summed E-state index contributed by atoms with van der Waals surface area (Å²) in [5.74, 6) is 1.75. The lowest BCUT2D eigenvalue weighted by molar-refractivity contribution is -0.902. The second-order valence-electron chi connectivity index (χ2n) is 6.66. The highest BCUT2D eigenvalue weighted by Crippen LogP contribution is 2.31. The first-order chi connectivity index (χ1) is 13.5. The second-order valence-corrected chi connectivity index (χ2v) is 7.96. The van der Waals surface area contributed by atoms with E-state index in [2.05, 4.69) is 17.1 Å². The molecule has 1 fully saturated rings. The third-order valence-electron chi connectivity index (χ3n) is 4.91. The van der Waals surface area contributed by atoms with Gasteiger partial charge in [-0.15, -0.1) is 10.2 Å². The Morgan fingerprint density at radius 2 is 1.86 bits per heavy atom. The van der Waals surface area contributed by atoms with Crippen LogP contribution in [0.3, 0.4) is 0 Å². The van der Waals surface area contributed by atoms with Crippen molar-refractivity contribution >= 4 is 17.7 Å². The van der Waals surface area contributed by atoms with Crippen LogP contribution in [-0.4, -0.2) is 73.2 Å². The molecule has 28 heavy (non-hydrogen) atoms. The van der Waals surface area contributed by atoms with Crippen LogP contribution in [0.4, 0.5) is 0 Å². The van der Waals surface area contributed by atoms with Gasteiger partial charge in [-0.1, -0.05) is 11.8 Å². The SMILES string of the molecule is CC[NH+]1CCN(C(=O)[C@@H](C)Sc2nnc(-c3cc(OC)cc(OC)c3)o2)CC1. The summed E-state index contributed by atoms with van der Waals surface area (Å²) < 4.78 is 16.3. The Morgan fingerprint density at radius 1 is 1.21 bits per heavy atom. The molecule has 0 saturated carbocycles. The average Bonchev–Trinajstić information content (AvgIpc) is 3.21. The van der Waals surface area contributed by atoms with Crippen LogP contribution in [0.15, 0.2) is 27.8 Å². The molecule has 1 amide bonds. The van der Waals surface area contributed by atoms with E-state index in [4.69, 9.17) is 13.9 Å². The molecule has 1 aromatic heterocycles. The van der Waals surface area contributed by atoms with E-state index in [1.54, 1.807) is 37.3 Å². The van der Waals surface area contributed by atoms with Gasteiger partial charge < -0.3 is 23.7 Å². The van der Waals surface area contributed by atoms with Gasteiger partial charge in [0.2, 0.25) is 11.8 Å². The fourth-order valence-electron chi connectivity index (χ4n) is 3.16. The van der Waals surface area contributed by atoms with Crippen LogP contribution in [0.1, 0.15) is 13.8 Å². The molecule has 2 aromatic rings. The van der Waals surface area contributed by atoms with E-state index in [1.807, 2.05) is 11.8 Å². The maximum atomic E-state index is 12.7. The van der Waals surface area contributed by atoms with Crippen LogP contribution in [0.25, 0.3) is 11.5 Å². The Labute approximate surface area is 169 Å². The molecule has 1 atom stereocenters. The summed E-state index contributed by atoms with van der Waals surface area (Å²) in [5, 5.41) is 8.28. The number of amides is 1. The van der Waals surface area contributed by atoms with Crippen molar-refractivity contribution in [2.24, 2.45) is 0 Å². The Morgan fingerprint density at radius 3 is 2.43 bits per heavy atom. The maximum absolute atomic E-state index is 12.7. The molecule has 0 radical (unpaired) electrons. The topological polar surface area (TPSA) is 82.1 Å². The summed E-state index contributed by atoms with van der Waals surface area (Å²) in [7, 11) is 3.17. The molecular formula is C19H27N4O4S+. The highest BCUT2D eigenvalue weighted by molar-refractivity contribution is 8.00. The molecule has 0 bridgehead atoms. The number of benzene rings is 1. The molecule has 1 saturated heterocycles. The summed E-state index contributed by atoms with van der Waals surface area (Å²) in [6.07, 6.45) is 0. The van der Waals surface area contributed by atoms with Crippen LogP contribution in [-0.2, 0) is 4.79 Å². The van der Waals surface area contributed by atoms with Crippen LogP contribution >= 0.6 is 11.8 Å². The summed E-state index contributed by atoms with van der Waals surface area (Å²) in [6, 6.07) is 5.37. The third-order valence-corrected chi connectivity index (χ3v) is 5.83. The third kappa shape index (κ3) is 4.77. The Hall–Kier alpha value is -2.26. The molecule has 0 unspecified atom stereocenters. The molecule has 3 rings (SSSR count). The molecular weight excluding hydrogens is 380 g/mol. The van der Waals surface area contributed by atoms with Gasteiger partial charge in [0, 0.05) is 11.6 Å². The molecule has 8 nitrogen and oxygen atoms in total. The molecule has 1 N–H and O–H groups in total. The number of nitrogens with one attached hydrogen (secondary N) is 1. The zero-order chi connectivity index (χ0) is 20.1. The summed E-state index contributed by atoms with van der Waals surface area (Å²) in [6.45, 7) is 8.76. The van der Waals surface area contributed by atoms with Crippen molar-refractivity contribution < 1.29 is 23.6 Å². The van der Waals surface area contributed by atoms with E-state index in [0.717, 1.165) is 32.7 Å². The van der Waals surface area contributed by atoms with Crippen molar-refractivity contribution in [1.82, 2.24) is 15.1 Å². The predicted octanol–water partition coefficient (Wildman–Crippen LogP) is 0.981. The first kappa shape index (κ1) is 20.5. The predicted molar refractivity (Wildman–Crippen MR) is 106 cm³/mol. The highest BCUT2D eigenvalue weighted by Gasteiger charge is 2.28. The van der Waals surface area contributed by atoms with Gasteiger partial charge in [0.15, 0.2) is 0 Å². The molecule has 1 aromatic carbocycles. The summed E-state index contributed by atoms with van der Waals surface area (Å²) in [4.78, 5) is 16.2. The maximum Gasteiger partial charge on any atom is 0.277 e. The lowest BCUT2D eigenvalue weighted by atomic mass is 10.2. The fraction of sp³-hybridized carbons (Fsp3) is 0.526. The van der Waals surface area contributed by atoms with Gasteiger partial charge in [-0.2, -0.15) is 0 Å². The Bertz CT molecular complexity index is 783. The Kier molecular flexibility index (Phi) is 6.79. The first-order valence-electron chi connectivity index (χ1n) is 9.40. The number of quaternary nitrogens is 1. The van der Waals surface area contributed by atoms with E-state index < -0.39 is 0 Å². The zero-order valence-corrected chi connectivity index (χ0v) is 17.5. The van der Waals surface area contributed by atoms with Crippen LogP contribution < -0.4 is 14.4 Å². The number of piperazine rings is 1. The van der Waals surface area contributed by atoms with Crippen molar-refractivity contribution in [3.05, 3.63) is 18.2 Å². The number of nitrogens with zero attached hydrogens (tertiary/aromatic N) is 3. The minimum atomic E-state index is -0.281. The van der Waals surface area contributed by atoms with E-state index in [1.165, 1.54) is 11.8 Å². The van der Waals surface area contributed by atoms with Crippen molar-refractivity contribution in [3.63, 3.8) is 0 Å². The molecule has 9 heteroatoms. The minimum absolute atomic E-state index is 0.114. The van der Waals surface area contributed by atoms with Crippen molar-refractivity contribution in [2.45, 2.75) is 24.3 Å². The molecule has 152 valence electrons. The monoisotopic (exact) mass is 407 g/mol. The molecule has 2 heterocycles. The lowest BCUT2D eigenvalue weighted by Crippen LogP contribution is -3.14. The number of thioether (sulfide) groups is 1. The van der Waals surface area contributed by atoms with Gasteiger partial charge >= 0.3 is 0 Å². The number of carbonyl (C=O) groups is 1. The molecule has 1 aliphatic heterocycles. The zero-order valence-electron chi connectivity index (χ0n) is 16.7. The van der Waals surface area contributed by atoms with E-state index in [9.17, 15) is 4.79 Å². The van der Waals surface area contributed by atoms with Crippen molar-refractivity contribution in [2.75, 3.05) is 46.9 Å². The number of aromatic nitrogens is 2. The average molecular weight is 408 g/mol. The molecule has 0 spiro atoms. The number of methoxy groups -OCH3 is 2. The highest BCUT2D eigenvalue weighted by atomic mass is 32.2. The van der Waals surface area contributed by atoms with Crippen molar-refractivity contribution in [1.29, 1.82) is 0 Å². The first-order valence-corrected chi connectivity index (χ1v) is 10.3. The number of likely N-dealkylation sites (N-methyl/N-ethyl adjacent to an activating group) is 1. The molecule has 1 aliphatic rings.